The topological polar surface area (TPSA) is 24.5 Å². The number of benzene rings is 1. The first-order valence-electron chi connectivity index (χ1n) is 6.64. The first kappa shape index (κ1) is 14.4. The molecule has 3 nitrogen and oxygen atoms in total. The van der Waals surface area contributed by atoms with Crippen LogP contribution in [0.15, 0.2) is 18.2 Å². The molecule has 1 aromatic rings. The first-order valence-corrected chi connectivity index (χ1v) is 6.64. The molecule has 1 fully saturated rings. The minimum Gasteiger partial charge on any atom is -0.379 e. The van der Waals surface area contributed by atoms with Crippen LogP contribution in [0.2, 0.25) is 0 Å². The van der Waals surface area contributed by atoms with Gasteiger partial charge >= 0.3 is 0 Å². The maximum absolute atomic E-state index is 13.1. The van der Waals surface area contributed by atoms with Crippen LogP contribution < -0.4 is 5.32 Å². The van der Waals surface area contributed by atoms with Gasteiger partial charge in [-0.2, -0.15) is 0 Å². The maximum atomic E-state index is 13.1. The predicted octanol–water partition coefficient (Wildman–Crippen LogP) is 1.95. The number of morpholine rings is 1. The second kappa shape index (κ2) is 6.93. The van der Waals surface area contributed by atoms with E-state index in [2.05, 4.69) is 10.2 Å². The van der Waals surface area contributed by atoms with Gasteiger partial charge in [-0.05, 0) is 24.6 Å². The lowest BCUT2D eigenvalue weighted by Crippen LogP contribution is -2.40. The molecule has 0 saturated carbocycles. The van der Waals surface area contributed by atoms with Crippen molar-refractivity contribution >= 4 is 0 Å². The molecule has 0 aromatic heterocycles. The van der Waals surface area contributed by atoms with Crippen molar-refractivity contribution in [3.05, 3.63) is 35.4 Å². The van der Waals surface area contributed by atoms with Crippen LogP contribution in [0.3, 0.4) is 0 Å². The van der Waals surface area contributed by atoms with Crippen molar-refractivity contribution in [3.8, 4) is 0 Å². The molecule has 1 aromatic carbocycles. The molecule has 0 amide bonds. The second-order valence-corrected chi connectivity index (χ2v) is 4.83. The number of hydrogen-bond donors (Lipinski definition) is 1. The summed E-state index contributed by atoms with van der Waals surface area (Å²) in [5.41, 5.74) is 0.638. The van der Waals surface area contributed by atoms with E-state index >= 15 is 0 Å². The van der Waals surface area contributed by atoms with Crippen LogP contribution in [0.25, 0.3) is 0 Å². The predicted molar refractivity (Wildman–Crippen MR) is 70.0 cm³/mol. The van der Waals surface area contributed by atoms with Crippen LogP contribution in [0.1, 0.15) is 18.5 Å². The van der Waals surface area contributed by atoms with Crippen LogP contribution in [0, 0.1) is 11.6 Å². The van der Waals surface area contributed by atoms with Gasteiger partial charge in [-0.3, -0.25) is 4.90 Å². The normalized spacial score (nSPS) is 18.5. The molecule has 1 aliphatic rings. The molecular weight excluding hydrogens is 250 g/mol. The van der Waals surface area contributed by atoms with E-state index < -0.39 is 11.6 Å². The van der Waals surface area contributed by atoms with Crippen LogP contribution in [-0.2, 0) is 4.74 Å². The smallest absolute Gasteiger partial charge is 0.126 e. The van der Waals surface area contributed by atoms with E-state index in [1.807, 2.05) is 6.92 Å². The SMILES string of the molecule is CC(NCCN1CCOCC1)c1cc(F)cc(F)c1. The Morgan fingerprint density at radius 2 is 1.84 bits per heavy atom. The van der Waals surface area contributed by atoms with Crippen molar-refractivity contribution in [2.45, 2.75) is 13.0 Å². The van der Waals surface area contributed by atoms with Gasteiger partial charge in [0.15, 0.2) is 0 Å². The molecule has 1 heterocycles. The number of rotatable bonds is 5. The molecule has 106 valence electrons. The zero-order valence-corrected chi connectivity index (χ0v) is 11.2. The van der Waals surface area contributed by atoms with Crippen LogP contribution in [-0.4, -0.2) is 44.3 Å². The van der Waals surface area contributed by atoms with Crippen LogP contribution in [0.5, 0.6) is 0 Å². The first-order chi connectivity index (χ1) is 9.15. The van der Waals surface area contributed by atoms with Crippen LogP contribution in [0.4, 0.5) is 8.78 Å². The third kappa shape index (κ3) is 4.53. The lowest BCUT2D eigenvalue weighted by Gasteiger charge is -2.27. The van der Waals surface area contributed by atoms with E-state index in [-0.39, 0.29) is 6.04 Å². The lowest BCUT2D eigenvalue weighted by atomic mass is 10.1. The molecular formula is C14H20F2N2O. The van der Waals surface area contributed by atoms with Crippen molar-refractivity contribution < 1.29 is 13.5 Å². The fourth-order valence-corrected chi connectivity index (χ4v) is 2.21. The average Bonchev–Trinajstić information content (AvgIpc) is 2.38. The van der Waals surface area contributed by atoms with Gasteiger partial charge in [-0.15, -0.1) is 0 Å². The Hall–Kier alpha value is -1.04. The Labute approximate surface area is 112 Å². The summed E-state index contributed by atoms with van der Waals surface area (Å²) >= 11 is 0. The van der Waals surface area contributed by atoms with Gasteiger partial charge in [0.1, 0.15) is 11.6 Å². The molecule has 0 bridgehead atoms. The number of hydrogen-bond acceptors (Lipinski definition) is 3. The Kier molecular flexibility index (Phi) is 5.24. The molecule has 1 N–H and O–H groups in total. The zero-order valence-electron chi connectivity index (χ0n) is 11.2. The quantitative estimate of drug-likeness (QED) is 0.885. The highest BCUT2D eigenvalue weighted by Gasteiger charge is 2.11. The van der Waals surface area contributed by atoms with Gasteiger partial charge in [0, 0.05) is 38.3 Å². The minimum absolute atomic E-state index is 0.0637. The molecule has 19 heavy (non-hydrogen) atoms. The summed E-state index contributed by atoms with van der Waals surface area (Å²) < 4.78 is 31.5. The number of nitrogens with zero attached hydrogens (tertiary/aromatic N) is 1. The van der Waals surface area contributed by atoms with Gasteiger partial charge in [-0.25, -0.2) is 8.78 Å². The van der Waals surface area contributed by atoms with Gasteiger partial charge in [-0.1, -0.05) is 0 Å². The minimum atomic E-state index is -0.531. The van der Waals surface area contributed by atoms with E-state index in [0.717, 1.165) is 45.5 Å². The summed E-state index contributed by atoms with van der Waals surface area (Å²) in [7, 11) is 0. The van der Waals surface area contributed by atoms with Crippen molar-refractivity contribution in [2.75, 3.05) is 39.4 Å². The molecule has 2 rings (SSSR count). The van der Waals surface area contributed by atoms with Crippen molar-refractivity contribution in [3.63, 3.8) is 0 Å². The van der Waals surface area contributed by atoms with E-state index in [0.29, 0.717) is 5.56 Å². The highest BCUT2D eigenvalue weighted by molar-refractivity contribution is 5.20. The number of halogens is 2. The second-order valence-electron chi connectivity index (χ2n) is 4.83. The maximum Gasteiger partial charge on any atom is 0.126 e. The fourth-order valence-electron chi connectivity index (χ4n) is 2.21. The highest BCUT2D eigenvalue weighted by Crippen LogP contribution is 2.15. The van der Waals surface area contributed by atoms with Gasteiger partial charge in [0.25, 0.3) is 0 Å². The van der Waals surface area contributed by atoms with Crippen LogP contribution >= 0.6 is 0 Å². The molecule has 1 saturated heterocycles. The summed E-state index contributed by atoms with van der Waals surface area (Å²) in [5, 5.41) is 3.28. The molecule has 1 unspecified atom stereocenters. The Balaban J connectivity index is 1.78. The average molecular weight is 270 g/mol. The lowest BCUT2D eigenvalue weighted by molar-refractivity contribution is 0.0382. The Morgan fingerprint density at radius 3 is 2.47 bits per heavy atom. The third-order valence-electron chi connectivity index (χ3n) is 3.37. The molecule has 0 spiro atoms. The fraction of sp³-hybridized carbons (Fsp3) is 0.571. The van der Waals surface area contributed by atoms with Crippen molar-refractivity contribution in [1.29, 1.82) is 0 Å². The number of ether oxygens (including phenoxy) is 1. The monoisotopic (exact) mass is 270 g/mol. The van der Waals surface area contributed by atoms with Crippen molar-refractivity contribution in [2.24, 2.45) is 0 Å². The molecule has 1 aliphatic heterocycles. The summed E-state index contributed by atoms with van der Waals surface area (Å²) in [6, 6.07) is 3.57. The Morgan fingerprint density at radius 1 is 1.21 bits per heavy atom. The van der Waals surface area contributed by atoms with E-state index in [1.165, 1.54) is 12.1 Å². The highest BCUT2D eigenvalue weighted by atomic mass is 19.1. The summed E-state index contributed by atoms with van der Waals surface area (Å²) in [5.74, 6) is -1.06. The standard InChI is InChI=1S/C14H20F2N2O/c1-11(12-8-13(15)10-14(16)9-12)17-2-3-18-4-6-19-7-5-18/h8-11,17H,2-7H2,1H3. The summed E-state index contributed by atoms with van der Waals surface area (Å²) in [6.45, 7) is 7.09. The third-order valence-corrected chi connectivity index (χ3v) is 3.37. The van der Waals surface area contributed by atoms with Crippen molar-refractivity contribution in [1.82, 2.24) is 10.2 Å². The van der Waals surface area contributed by atoms with E-state index in [9.17, 15) is 8.78 Å². The molecule has 0 aliphatic carbocycles. The van der Waals surface area contributed by atoms with Gasteiger partial charge in [0.05, 0.1) is 13.2 Å². The van der Waals surface area contributed by atoms with Gasteiger partial charge < -0.3 is 10.1 Å². The number of nitrogens with one attached hydrogen (secondary N) is 1. The van der Waals surface area contributed by atoms with Gasteiger partial charge in [0.2, 0.25) is 0 Å². The molecule has 5 heteroatoms. The van der Waals surface area contributed by atoms with E-state index in [4.69, 9.17) is 4.74 Å². The zero-order chi connectivity index (χ0) is 13.7. The summed E-state index contributed by atoms with van der Waals surface area (Å²) in [6.07, 6.45) is 0. The molecule has 1 atom stereocenters. The van der Waals surface area contributed by atoms with E-state index in [1.54, 1.807) is 0 Å². The molecule has 0 radical (unpaired) electrons. The summed E-state index contributed by atoms with van der Waals surface area (Å²) in [4.78, 5) is 2.31. The Bertz CT molecular complexity index is 388. The largest absolute Gasteiger partial charge is 0.379 e.